The number of benzene rings is 1. The molecule has 5 rings (SSSR count). The molecule has 1 aliphatic carbocycles. The molecule has 13 heteroatoms. The number of fused-ring (bicyclic) bond motifs is 1. The van der Waals surface area contributed by atoms with Crippen molar-refractivity contribution in [1.82, 2.24) is 24.3 Å². The number of aromatic nitrogens is 3. The first kappa shape index (κ1) is 34.9. The van der Waals surface area contributed by atoms with Crippen LogP contribution >= 0.6 is 23.2 Å². The molecule has 3 aromatic rings. The van der Waals surface area contributed by atoms with Crippen LogP contribution < -0.4 is 20.3 Å². The van der Waals surface area contributed by atoms with Crippen LogP contribution in [0.15, 0.2) is 35.8 Å². The van der Waals surface area contributed by atoms with Crippen molar-refractivity contribution in [3.8, 4) is 22.6 Å². The van der Waals surface area contributed by atoms with Crippen molar-refractivity contribution >= 4 is 46.1 Å². The van der Waals surface area contributed by atoms with Gasteiger partial charge in [0.15, 0.2) is 0 Å². The fraction of sp³-hybridized carbons (Fsp3) is 0.529. The monoisotopic (exact) mass is 686 g/mol. The first-order valence-corrected chi connectivity index (χ1v) is 17.0. The third-order valence-corrected chi connectivity index (χ3v) is 9.52. The van der Waals surface area contributed by atoms with Crippen LogP contribution in [0.25, 0.3) is 22.2 Å². The molecule has 0 unspecified atom stereocenters. The third-order valence-electron chi connectivity index (χ3n) is 8.77. The normalized spacial score (nSPS) is 18.8. The summed E-state index contributed by atoms with van der Waals surface area (Å²) in [5, 5.41) is 14.4. The van der Waals surface area contributed by atoms with E-state index in [-0.39, 0.29) is 39.6 Å². The Morgan fingerprint density at radius 2 is 1.81 bits per heavy atom. The molecule has 0 spiro atoms. The van der Waals surface area contributed by atoms with Crippen LogP contribution in [-0.2, 0) is 11.3 Å². The maximum absolute atomic E-state index is 14.4. The van der Waals surface area contributed by atoms with Crippen molar-refractivity contribution in [2.45, 2.75) is 64.6 Å². The number of halogens is 2. The lowest BCUT2D eigenvalue weighted by molar-refractivity contribution is -0.127. The Labute approximate surface area is 285 Å². The summed E-state index contributed by atoms with van der Waals surface area (Å²) in [7, 11) is 1.51. The van der Waals surface area contributed by atoms with Gasteiger partial charge in [-0.05, 0) is 56.7 Å². The van der Waals surface area contributed by atoms with Crippen LogP contribution in [0.5, 0.6) is 11.5 Å². The second-order valence-corrected chi connectivity index (χ2v) is 13.4. The molecule has 11 nitrogen and oxygen atoms in total. The van der Waals surface area contributed by atoms with Gasteiger partial charge in [-0.15, -0.1) is 0 Å². The minimum Gasteiger partial charge on any atom is -0.495 e. The highest BCUT2D eigenvalue weighted by molar-refractivity contribution is 6.41. The maximum Gasteiger partial charge on any atom is 0.260 e. The van der Waals surface area contributed by atoms with Crippen LogP contribution in [0.3, 0.4) is 0 Å². The number of nitrogens with zero attached hydrogens (tertiary/aromatic N) is 5. The van der Waals surface area contributed by atoms with Crippen molar-refractivity contribution in [3.63, 3.8) is 0 Å². The summed E-state index contributed by atoms with van der Waals surface area (Å²) in [6.45, 7) is 12.0. The second kappa shape index (κ2) is 15.7. The van der Waals surface area contributed by atoms with Crippen molar-refractivity contribution in [3.05, 3.63) is 51.4 Å². The molecule has 2 aromatic heterocycles. The Balaban J connectivity index is 1.50. The summed E-state index contributed by atoms with van der Waals surface area (Å²) in [6.07, 6.45) is 6.52. The Morgan fingerprint density at radius 3 is 2.47 bits per heavy atom. The molecule has 0 bridgehead atoms. The van der Waals surface area contributed by atoms with E-state index >= 15 is 0 Å². The summed E-state index contributed by atoms with van der Waals surface area (Å²) >= 11 is 13.8. The van der Waals surface area contributed by atoms with Crippen molar-refractivity contribution in [1.29, 1.82) is 0 Å². The van der Waals surface area contributed by atoms with Gasteiger partial charge in [0.25, 0.3) is 5.56 Å². The van der Waals surface area contributed by atoms with Crippen molar-refractivity contribution in [2.24, 2.45) is 5.92 Å². The number of carbonyl (C=O) groups is 1. The van der Waals surface area contributed by atoms with E-state index in [2.05, 4.69) is 21.8 Å². The molecule has 1 saturated carbocycles. The highest BCUT2D eigenvalue weighted by Gasteiger charge is 2.25. The van der Waals surface area contributed by atoms with Gasteiger partial charge in [-0.25, -0.2) is 4.98 Å². The molecular weight excluding hydrogens is 643 g/mol. The van der Waals surface area contributed by atoms with E-state index < -0.39 is 0 Å². The molecule has 3 heterocycles. The lowest BCUT2D eigenvalue weighted by atomic mass is 9.93. The van der Waals surface area contributed by atoms with Crippen LogP contribution in [0.4, 0.5) is 5.95 Å². The Kier molecular flexibility index (Phi) is 11.7. The zero-order chi connectivity index (χ0) is 33.7. The first-order valence-electron chi connectivity index (χ1n) is 16.3. The average Bonchev–Trinajstić information content (AvgIpc) is 3.07. The number of carbonyl (C=O) groups excluding carboxylic acids is 1. The molecular formula is C34H44Cl2N6O5. The molecule has 2 aliphatic rings. The molecule has 0 atom stereocenters. The van der Waals surface area contributed by atoms with Crippen LogP contribution in [0.2, 0.25) is 10.0 Å². The predicted octanol–water partition coefficient (Wildman–Crippen LogP) is 5.24. The fourth-order valence-electron chi connectivity index (χ4n) is 6.13. The number of piperazine rings is 1. The Bertz CT molecular complexity index is 1650. The number of rotatable bonds is 12. The first-order chi connectivity index (χ1) is 22.6. The molecule has 47 heavy (non-hydrogen) atoms. The summed E-state index contributed by atoms with van der Waals surface area (Å²) in [6, 6.07) is 3.51. The molecule has 0 radical (unpaired) electrons. The van der Waals surface area contributed by atoms with E-state index in [0.717, 1.165) is 45.3 Å². The number of hydrogen-bond acceptors (Lipinski definition) is 9. The van der Waals surface area contributed by atoms with Gasteiger partial charge < -0.3 is 24.8 Å². The summed E-state index contributed by atoms with van der Waals surface area (Å²) in [5.74, 6) is 1.35. The van der Waals surface area contributed by atoms with Gasteiger partial charge in [0.1, 0.15) is 17.1 Å². The molecule has 1 aromatic carbocycles. The van der Waals surface area contributed by atoms with Crippen LogP contribution in [-0.4, -0.2) is 93.9 Å². The second-order valence-electron chi connectivity index (χ2n) is 12.6. The molecule has 1 amide bonds. The summed E-state index contributed by atoms with van der Waals surface area (Å²) < 4.78 is 13.2. The average molecular weight is 688 g/mol. The number of pyridine rings is 1. The highest BCUT2D eigenvalue weighted by Crippen LogP contribution is 2.45. The number of nitrogens with one attached hydrogen (secondary N) is 1. The van der Waals surface area contributed by atoms with E-state index in [0.29, 0.717) is 72.3 Å². The van der Waals surface area contributed by atoms with E-state index in [1.807, 2.05) is 13.8 Å². The van der Waals surface area contributed by atoms with Gasteiger partial charge in [-0.2, -0.15) is 4.98 Å². The number of amides is 1. The zero-order valence-corrected chi connectivity index (χ0v) is 28.8. The fourth-order valence-corrected chi connectivity index (χ4v) is 6.81. The number of aryl methyl sites for hydroxylation is 1. The van der Waals surface area contributed by atoms with Gasteiger partial charge in [-0.3, -0.25) is 19.1 Å². The number of aliphatic hydroxyl groups is 1. The molecule has 2 N–H and O–H groups in total. The van der Waals surface area contributed by atoms with Crippen LogP contribution in [0.1, 0.15) is 46.0 Å². The summed E-state index contributed by atoms with van der Waals surface area (Å²) in [4.78, 5) is 39.9. The standard InChI is InChI=1S/C34H44Cl2N6O5/c1-5-28(44)41-15-13-40(14-16-41)11-6-12-42-32-22(19-37-34(39-32)38-23-7-9-24(43)10-8-23)17-25(33(42)45)29-30(35)26(46-4)18-27(31(29)36)47-20-21(2)3/h5,17-19,21,23-24,43H,1,6-16,20H2,2-4H3,(H,37,38,39). The van der Waals surface area contributed by atoms with Gasteiger partial charge in [-0.1, -0.05) is 43.6 Å². The number of hydrogen-bond donors (Lipinski definition) is 2. The smallest absolute Gasteiger partial charge is 0.260 e. The molecule has 2 fully saturated rings. The van der Waals surface area contributed by atoms with Gasteiger partial charge in [0.05, 0.1) is 35.4 Å². The lowest BCUT2D eigenvalue weighted by Crippen LogP contribution is -2.48. The molecule has 1 saturated heterocycles. The number of anilines is 1. The SMILES string of the molecule is C=CC(=O)N1CCN(CCCn2c(=O)c(-c3c(Cl)c(OC)cc(OCC(C)C)c3Cl)cc3cnc(NC4CCC(O)CC4)nc32)CC1. The minimum atomic E-state index is -0.295. The lowest BCUT2D eigenvalue weighted by Gasteiger charge is -2.34. The molecule has 254 valence electrons. The number of aliphatic hydroxyl groups excluding tert-OH is 1. The van der Waals surface area contributed by atoms with Gasteiger partial charge in [0.2, 0.25) is 11.9 Å². The maximum atomic E-state index is 14.4. The minimum absolute atomic E-state index is 0.0550. The van der Waals surface area contributed by atoms with Crippen LogP contribution in [0, 0.1) is 5.92 Å². The highest BCUT2D eigenvalue weighted by atomic mass is 35.5. The predicted molar refractivity (Wildman–Crippen MR) is 186 cm³/mol. The van der Waals surface area contributed by atoms with E-state index in [1.54, 1.807) is 27.8 Å². The zero-order valence-electron chi connectivity index (χ0n) is 27.3. The largest absolute Gasteiger partial charge is 0.495 e. The Morgan fingerprint density at radius 1 is 1.11 bits per heavy atom. The van der Waals surface area contributed by atoms with E-state index in [4.69, 9.17) is 37.7 Å². The topological polar surface area (TPSA) is 122 Å². The third kappa shape index (κ3) is 8.20. The Hall–Kier alpha value is -3.38. The number of methoxy groups -OCH3 is 1. The van der Waals surface area contributed by atoms with Crippen molar-refractivity contribution < 1.29 is 19.4 Å². The quantitative estimate of drug-likeness (QED) is 0.246. The van der Waals surface area contributed by atoms with Crippen molar-refractivity contribution in [2.75, 3.05) is 51.8 Å². The molecule has 1 aliphatic heterocycles. The van der Waals surface area contributed by atoms with E-state index in [9.17, 15) is 14.7 Å². The van der Waals surface area contributed by atoms with E-state index in [1.165, 1.54) is 13.2 Å². The van der Waals surface area contributed by atoms with Gasteiger partial charge in [0, 0.05) is 62.0 Å². The van der Waals surface area contributed by atoms with Gasteiger partial charge >= 0.3 is 0 Å². The summed E-state index contributed by atoms with van der Waals surface area (Å²) in [5.41, 5.74) is 0.831. The number of ether oxygens (including phenoxy) is 2.